The Balaban J connectivity index is 1.53. The van der Waals surface area contributed by atoms with Gasteiger partial charge < -0.3 is 9.64 Å². The first kappa shape index (κ1) is 16.9. The first-order valence-electron chi connectivity index (χ1n) is 8.21. The van der Waals surface area contributed by atoms with Crippen LogP contribution in [-0.2, 0) is 11.3 Å². The summed E-state index contributed by atoms with van der Waals surface area (Å²) in [5, 5.41) is 8.90. The zero-order chi connectivity index (χ0) is 17.1. The minimum Gasteiger partial charge on any atom is -0.376 e. The third-order valence-corrected chi connectivity index (χ3v) is 6.59. The molecule has 0 spiro atoms. The van der Waals surface area contributed by atoms with Crippen molar-refractivity contribution in [3.63, 3.8) is 0 Å². The van der Waals surface area contributed by atoms with E-state index in [1.165, 1.54) is 16.2 Å². The summed E-state index contributed by atoms with van der Waals surface area (Å²) < 4.78 is 5.75. The van der Waals surface area contributed by atoms with Gasteiger partial charge in [0.25, 0.3) is 5.91 Å². The number of hydrogen-bond acceptors (Lipinski definition) is 6. The van der Waals surface area contributed by atoms with E-state index in [4.69, 9.17) is 4.74 Å². The summed E-state index contributed by atoms with van der Waals surface area (Å²) >= 11 is 4.84. The van der Waals surface area contributed by atoms with E-state index in [2.05, 4.69) is 16.4 Å². The molecule has 1 amide bonds. The highest BCUT2D eigenvalue weighted by Gasteiger charge is 2.25. The normalized spacial score (nSPS) is 17.0. The van der Waals surface area contributed by atoms with Gasteiger partial charge in [-0.1, -0.05) is 6.07 Å². The first-order valence-corrected chi connectivity index (χ1v) is 10.9. The van der Waals surface area contributed by atoms with Crippen LogP contribution in [0.4, 0.5) is 0 Å². The first-order chi connectivity index (χ1) is 12.3. The molecule has 0 saturated carbocycles. The van der Waals surface area contributed by atoms with Crippen molar-refractivity contribution in [1.82, 2.24) is 9.88 Å². The van der Waals surface area contributed by atoms with E-state index in [1.807, 2.05) is 33.2 Å². The summed E-state index contributed by atoms with van der Waals surface area (Å²) in [6, 6.07) is 6.12. The van der Waals surface area contributed by atoms with E-state index in [0.717, 1.165) is 30.0 Å². The van der Waals surface area contributed by atoms with Crippen molar-refractivity contribution in [2.75, 3.05) is 13.2 Å². The lowest BCUT2D eigenvalue weighted by atomic mass is 10.2. The second-order valence-electron chi connectivity index (χ2n) is 5.95. The molecule has 0 bridgehead atoms. The molecule has 0 N–H and O–H groups in total. The van der Waals surface area contributed by atoms with Crippen LogP contribution in [0.2, 0.25) is 0 Å². The zero-order valence-corrected chi connectivity index (χ0v) is 16.0. The average molecular weight is 391 g/mol. The highest BCUT2D eigenvalue weighted by atomic mass is 32.1. The molecular formula is C18H18N2O2S3. The summed E-state index contributed by atoms with van der Waals surface area (Å²) in [6.07, 6.45) is 2.23. The molecule has 0 aliphatic carbocycles. The number of hydrogen-bond donors (Lipinski definition) is 0. The standard InChI is InChI=1S/C18H18N2O2S3/c21-18(16-12-25-17(19-16)13-5-8-23-11-13)20(9-14-3-1-6-22-14)10-15-4-2-7-24-15/h2,4-5,7-8,11-12,14H,1,3,6,9-10H2. The van der Waals surface area contributed by atoms with Gasteiger partial charge in [0.2, 0.25) is 0 Å². The van der Waals surface area contributed by atoms with E-state index < -0.39 is 0 Å². The molecule has 3 aromatic rings. The summed E-state index contributed by atoms with van der Waals surface area (Å²) in [7, 11) is 0. The van der Waals surface area contributed by atoms with Crippen molar-refractivity contribution < 1.29 is 9.53 Å². The number of thiophene rings is 2. The lowest BCUT2D eigenvalue weighted by Crippen LogP contribution is -2.36. The molecular weight excluding hydrogens is 372 g/mol. The van der Waals surface area contributed by atoms with Gasteiger partial charge in [0, 0.05) is 34.4 Å². The molecule has 1 aliphatic heterocycles. The Bertz CT molecular complexity index is 805. The van der Waals surface area contributed by atoms with Crippen LogP contribution in [0.3, 0.4) is 0 Å². The Morgan fingerprint density at radius 1 is 1.28 bits per heavy atom. The predicted molar refractivity (Wildman–Crippen MR) is 103 cm³/mol. The highest BCUT2D eigenvalue weighted by Crippen LogP contribution is 2.27. The lowest BCUT2D eigenvalue weighted by Gasteiger charge is -2.24. The average Bonchev–Trinajstić information content (AvgIpc) is 3.41. The Morgan fingerprint density at radius 2 is 2.24 bits per heavy atom. The number of carbonyl (C=O) groups is 1. The largest absolute Gasteiger partial charge is 0.376 e. The van der Waals surface area contributed by atoms with Crippen molar-refractivity contribution in [1.29, 1.82) is 0 Å². The predicted octanol–water partition coefficient (Wildman–Crippen LogP) is 4.75. The SMILES string of the molecule is O=C(c1csc(-c2ccsc2)n1)N(Cc1cccs1)CC1CCCO1. The summed E-state index contributed by atoms with van der Waals surface area (Å²) in [5.41, 5.74) is 1.61. The van der Waals surface area contributed by atoms with Gasteiger partial charge in [0.1, 0.15) is 10.7 Å². The van der Waals surface area contributed by atoms with Crippen molar-refractivity contribution in [3.8, 4) is 10.6 Å². The molecule has 0 aromatic carbocycles. The monoisotopic (exact) mass is 390 g/mol. The number of amides is 1. The third-order valence-electron chi connectivity index (χ3n) is 4.15. The molecule has 4 nitrogen and oxygen atoms in total. The molecule has 130 valence electrons. The fourth-order valence-corrected chi connectivity index (χ4v) is 5.12. The Labute approximate surface area is 158 Å². The molecule has 3 aromatic heterocycles. The van der Waals surface area contributed by atoms with Crippen LogP contribution in [-0.4, -0.2) is 35.0 Å². The molecule has 1 saturated heterocycles. The number of aromatic nitrogens is 1. The van der Waals surface area contributed by atoms with E-state index in [-0.39, 0.29) is 12.0 Å². The van der Waals surface area contributed by atoms with Crippen LogP contribution >= 0.6 is 34.0 Å². The van der Waals surface area contributed by atoms with Crippen molar-refractivity contribution in [2.24, 2.45) is 0 Å². The second kappa shape index (κ2) is 7.78. The van der Waals surface area contributed by atoms with Gasteiger partial charge in [0.15, 0.2) is 0 Å². The molecule has 1 atom stereocenters. The van der Waals surface area contributed by atoms with Gasteiger partial charge in [-0.05, 0) is 35.7 Å². The smallest absolute Gasteiger partial charge is 0.273 e. The molecule has 0 radical (unpaired) electrons. The van der Waals surface area contributed by atoms with Crippen molar-refractivity contribution in [3.05, 3.63) is 50.3 Å². The second-order valence-corrected chi connectivity index (χ2v) is 8.62. The summed E-state index contributed by atoms with van der Waals surface area (Å²) in [5.74, 6) is -0.0124. The van der Waals surface area contributed by atoms with Crippen LogP contribution in [0.15, 0.2) is 39.7 Å². The third kappa shape index (κ3) is 4.00. The number of carbonyl (C=O) groups excluding carboxylic acids is 1. The maximum absolute atomic E-state index is 13.1. The van der Waals surface area contributed by atoms with Crippen LogP contribution < -0.4 is 0 Å². The zero-order valence-electron chi connectivity index (χ0n) is 13.6. The minimum atomic E-state index is -0.0124. The highest BCUT2D eigenvalue weighted by molar-refractivity contribution is 7.14. The molecule has 1 aliphatic rings. The fourth-order valence-electron chi connectivity index (χ4n) is 2.90. The van der Waals surface area contributed by atoms with Crippen LogP contribution in [0.5, 0.6) is 0 Å². The fraction of sp³-hybridized carbons (Fsp3) is 0.333. The molecule has 1 fully saturated rings. The number of thiazole rings is 1. The Hall–Kier alpha value is -1.54. The van der Waals surface area contributed by atoms with Gasteiger partial charge in [0.05, 0.1) is 12.6 Å². The van der Waals surface area contributed by atoms with Crippen LogP contribution in [0.25, 0.3) is 10.6 Å². The summed E-state index contributed by atoms with van der Waals surface area (Å²) in [6.45, 7) is 2.04. The minimum absolute atomic E-state index is 0.0124. The van der Waals surface area contributed by atoms with E-state index >= 15 is 0 Å². The van der Waals surface area contributed by atoms with E-state index in [9.17, 15) is 4.79 Å². The van der Waals surface area contributed by atoms with E-state index in [1.54, 1.807) is 22.7 Å². The molecule has 25 heavy (non-hydrogen) atoms. The van der Waals surface area contributed by atoms with Crippen LogP contribution in [0, 0.1) is 0 Å². The molecule has 4 heterocycles. The van der Waals surface area contributed by atoms with Gasteiger partial charge in [-0.3, -0.25) is 4.79 Å². The van der Waals surface area contributed by atoms with Crippen molar-refractivity contribution in [2.45, 2.75) is 25.5 Å². The summed E-state index contributed by atoms with van der Waals surface area (Å²) in [4.78, 5) is 20.7. The van der Waals surface area contributed by atoms with Gasteiger partial charge in [-0.25, -0.2) is 4.98 Å². The number of ether oxygens (including phenoxy) is 1. The van der Waals surface area contributed by atoms with Crippen molar-refractivity contribution >= 4 is 39.9 Å². The molecule has 7 heteroatoms. The number of nitrogens with zero attached hydrogens (tertiary/aromatic N) is 2. The quantitative estimate of drug-likeness (QED) is 0.610. The van der Waals surface area contributed by atoms with Gasteiger partial charge in [-0.2, -0.15) is 11.3 Å². The topological polar surface area (TPSA) is 42.4 Å². The van der Waals surface area contributed by atoms with E-state index in [0.29, 0.717) is 18.8 Å². The molecule has 4 rings (SSSR count). The Kier molecular flexibility index (Phi) is 5.26. The maximum Gasteiger partial charge on any atom is 0.273 e. The number of rotatable bonds is 6. The van der Waals surface area contributed by atoms with Gasteiger partial charge in [-0.15, -0.1) is 22.7 Å². The molecule has 1 unspecified atom stereocenters. The van der Waals surface area contributed by atoms with Gasteiger partial charge >= 0.3 is 0 Å². The van der Waals surface area contributed by atoms with Crippen LogP contribution in [0.1, 0.15) is 28.2 Å². The maximum atomic E-state index is 13.1. The Morgan fingerprint density at radius 3 is 2.96 bits per heavy atom. The lowest BCUT2D eigenvalue weighted by molar-refractivity contribution is 0.0506.